The molecule has 1 aromatic carbocycles. The molecule has 0 aliphatic rings. The average Bonchev–Trinajstić information content (AvgIpc) is 2.27. The van der Waals surface area contributed by atoms with Gasteiger partial charge < -0.3 is 5.32 Å². The van der Waals surface area contributed by atoms with Gasteiger partial charge in [0.2, 0.25) is 0 Å². The predicted octanol–water partition coefficient (Wildman–Crippen LogP) is 2.90. The first-order chi connectivity index (χ1) is 7.24. The second-order valence-electron chi connectivity index (χ2n) is 3.16. The Labute approximate surface area is 90.3 Å². The van der Waals surface area contributed by atoms with E-state index in [0.29, 0.717) is 11.3 Å². The minimum atomic E-state index is -0.124. The standard InChI is InChI=1S/C13H15NO/c1-3-4-8-11(2)14-13(15)12-9-6-5-7-10-12/h4-10H,2-3H2,1H3,(H,14,15)/b8-4-. The molecule has 1 N–H and O–H groups in total. The van der Waals surface area contributed by atoms with Crippen LogP contribution in [0.2, 0.25) is 0 Å². The van der Waals surface area contributed by atoms with Gasteiger partial charge in [0.25, 0.3) is 5.91 Å². The number of amides is 1. The smallest absolute Gasteiger partial charge is 0.255 e. The minimum absolute atomic E-state index is 0.124. The molecule has 0 unspecified atom stereocenters. The van der Waals surface area contributed by atoms with Crippen LogP contribution in [0.5, 0.6) is 0 Å². The highest BCUT2D eigenvalue weighted by Crippen LogP contribution is 1.99. The first-order valence-corrected chi connectivity index (χ1v) is 4.96. The van der Waals surface area contributed by atoms with Gasteiger partial charge in [-0.3, -0.25) is 4.79 Å². The van der Waals surface area contributed by atoms with Crippen LogP contribution in [0.3, 0.4) is 0 Å². The lowest BCUT2D eigenvalue weighted by Gasteiger charge is -2.03. The summed E-state index contributed by atoms with van der Waals surface area (Å²) in [5.74, 6) is -0.124. The van der Waals surface area contributed by atoms with E-state index in [-0.39, 0.29) is 5.91 Å². The fourth-order valence-electron chi connectivity index (χ4n) is 1.11. The molecule has 1 aromatic rings. The van der Waals surface area contributed by atoms with Gasteiger partial charge in [-0.05, 0) is 24.6 Å². The zero-order valence-electron chi connectivity index (χ0n) is 8.86. The molecule has 0 spiro atoms. The highest BCUT2D eigenvalue weighted by atomic mass is 16.1. The Morgan fingerprint density at radius 2 is 2.07 bits per heavy atom. The van der Waals surface area contributed by atoms with Crippen LogP contribution in [-0.2, 0) is 0 Å². The molecule has 0 aliphatic carbocycles. The highest BCUT2D eigenvalue weighted by molar-refractivity contribution is 5.95. The van der Waals surface area contributed by atoms with E-state index >= 15 is 0 Å². The molecule has 0 aliphatic heterocycles. The Hall–Kier alpha value is -1.83. The van der Waals surface area contributed by atoms with Gasteiger partial charge in [-0.1, -0.05) is 37.8 Å². The van der Waals surface area contributed by atoms with Gasteiger partial charge in [0.05, 0.1) is 0 Å². The third kappa shape index (κ3) is 3.81. The van der Waals surface area contributed by atoms with Crippen molar-refractivity contribution < 1.29 is 4.79 Å². The van der Waals surface area contributed by atoms with Gasteiger partial charge in [-0.25, -0.2) is 0 Å². The maximum Gasteiger partial charge on any atom is 0.255 e. The molecule has 15 heavy (non-hydrogen) atoms. The Morgan fingerprint density at radius 1 is 1.40 bits per heavy atom. The van der Waals surface area contributed by atoms with Crippen LogP contribution >= 0.6 is 0 Å². The average molecular weight is 201 g/mol. The summed E-state index contributed by atoms with van der Waals surface area (Å²) in [6.07, 6.45) is 4.69. The lowest BCUT2D eigenvalue weighted by atomic mass is 10.2. The second kappa shape index (κ2) is 5.81. The number of benzene rings is 1. The summed E-state index contributed by atoms with van der Waals surface area (Å²) in [7, 11) is 0. The number of hydrogen-bond acceptors (Lipinski definition) is 1. The molecule has 2 nitrogen and oxygen atoms in total. The summed E-state index contributed by atoms with van der Waals surface area (Å²) >= 11 is 0. The Balaban J connectivity index is 2.57. The van der Waals surface area contributed by atoms with E-state index in [4.69, 9.17) is 0 Å². The van der Waals surface area contributed by atoms with Crippen molar-refractivity contribution in [2.45, 2.75) is 13.3 Å². The maximum absolute atomic E-state index is 11.6. The van der Waals surface area contributed by atoms with E-state index in [0.717, 1.165) is 6.42 Å². The predicted molar refractivity (Wildman–Crippen MR) is 62.5 cm³/mol. The number of nitrogens with one attached hydrogen (secondary N) is 1. The summed E-state index contributed by atoms with van der Waals surface area (Å²) in [4.78, 5) is 11.6. The van der Waals surface area contributed by atoms with Crippen molar-refractivity contribution in [2.75, 3.05) is 0 Å². The number of carbonyl (C=O) groups excluding carboxylic acids is 1. The quantitative estimate of drug-likeness (QED) is 0.746. The van der Waals surface area contributed by atoms with Crippen LogP contribution in [0, 0.1) is 0 Å². The lowest BCUT2D eigenvalue weighted by Crippen LogP contribution is -2.20. The summed E-state index contributed by atoms with van der Waals surface area (Å²) in [5, 5.41) is 2.71. The molecular weight excluding hydrogens is 186 g/mol. The molecule has 1 rings (SSSR count). The molecule has 0 saturated heterocycles. The van der Waals surface area contributed by atoms with Gasteiger partial charge in [0.1, 0.15) is 0 Å². The van der Waals surface area contributed by atoms with Crippen molar-refractivity contribution in [3.8, 4) is 0 Å². The second-order valence-corrected chi connectivity index (χ2v) is 3.16. The third-order valence-corrected chi connectivity index (χ3v) is 1.86. The largest absolute Gasteiger partial charge is 0.323 e. The molecule has 0 aromatic heterocycles. The van der Waals surface area contributed by atoms with Crippen molar-refractivity contribution in [3.63, 3.8) is 0 Å². The summed E-state index contributed by atoms with van der Waals surface area (Å²) in [6, 6.07) is 9.08. The van der Waals surface area contributed by atoms with E-state index in [1.165, 1.54) is 0 Å². The molecule has 0 heterocycles. The fraction of sp³-hybridized carbons (Fsp3) is 0.154. The topological polar surface area (TPSA) is 29.1 Å². The first-order valence-electron chi connectivity index (χ1n) is 4.96. The molecule has 78 valence electrons. The first kappa shape index (κ1) is 11.2. The van der Waals surface area contributed by atoms with Crippen LogP contribution < -0.4 is 5.32 Å². The maximum atomic E-state index is 11.6. The molecule has 0 radical (unpaired) electrons. The van der Waals surface area contributed by atoms with Gasteiger partial charge in [0, 0.05) is 11.3 Å². The normalized spacial score (nSPS) is 10.2. The van der Waals surface area contributed by atoms with Crippen LogP contribution in [0.25, 0.3) is 0 Å². The highest BCUT2D eigenvalue weighted by Gasteiger charge is 2.03. The van der Waals surface area contributed by atoms with Gasteiger partial charge >= 0.3 is 0 Å². The summed E-state index contributed by atoms with van der Waals surface area (Å²) in [6.45, 7) is 5.77. The molecular formula is C13H15NO. The zero-order chi connectivity index (χ0) is 11.1. The van der Waals surface area contributed by atoms with E-state index in [2.05, 4.69) is 11.9 Å². The van der Waals surface area contributed by atoms with Crippen LogP contribution in [-0.4, -0.2) is 5.91 Å². The summed E-state index contributed by atoms with van der Waals surface area (Å²) in [5.41, 5.74) is 1.26. The van der Waals surface area contributed by atoms with Crippen molar-refractivity contribution in [1.29, 1.82) is 0 Å². The van der Waals surface area contributed by atoms with E-state index in [1.807, 2.05) is 31.2 Å². The molecule has 2 heteroatoms. The molecule has 0 bridgehead atoms. The fourth-order valence-corrected chi connectivity index (χ4v) is 1.11. The number of carbonyl (C=O) groups is 1. The number of rotatable bonds is 4. The minimum Gasteiger partial charge on any atom is -0.323 e. The van der Waals surface area contributed by atoms with Crippen molar-refractivity contribution >= 4 is 5.91 Å². The van der Waals surface area contributed by atoms with E-state index < -0.39 is 0 Å². The van der Waals surface area contributed by atoms with Crippen LogP contribution in [0.15, 0.2) is 54.8 Å². The van der Waals surface area contributed by atoms with Crippen LogP contribution in [0.1, 0.15) is 23.7 Å². The molecule has 0 fully saturated rings. The lowest BCUT2D eigenvalue weighted by molar-refractivity contribution is 0.0967. The van der Waals surface area contributed by atoms with Gasteiger partial charge in [0.15, 0.2) is 0 Å². The van der Waals surface area contributed by atoms with E-state index in [1.54, 1.807) is 18.2 Å². The number of hydrogen-bond donors (Lipinski definition) is 1. The van der Waals surface area contributed by atoms with Crippen molar-refractivity contribution in [3.05, 3.63) is 60.3 Å². The monoisotopic (exact) mass is 201 g/mol. The zero-order valence-corrected chi connectivity index (χ0v) is 8.86. The summed E-state index contributed by atoms with van der Waals surface area (Å²) < 4.78 is 0. The van der Waals surface area contributed by atoms with Crippen molar-refractivity contribution in [1.82, 2.24) is 5.32 Å². The Morgan fingerprint density at radius 3 is 2.67 bits per heavy atom. The van der Waals surface area contributed by atoms with E-state index in [9.17, 15) is 4.79 Å². The van der Waals surface area contributed by atoms with Crippen molar-refractivity contribution in [2.24, 2.45) is 0 Å². The van der Waals surface area contributed by atoms with Gasteiger partial charge in [-0.2, -0.15) is 0 Å². The molecule has 1 amide bonds. The third-order valence-electron chi connectivity index (χ3n) is 1.86. The molecule has 0 atom stereocenters. The van der Waals surface area contributed by atoms with Crippen LogP contribution in [0.4, 0.5) is 0 Å². The Bertz CT molecular complexity index is 365. The SMILES string of the molecule is C=C(/C=C\CC)NC(=O)c1ccccc1. The Kier molecular flexibility index (Phi) is 4.35. The van der Waals surface area contributed by atoms with Gasteiger partial charge in [-0.15, -0.1) is 0 Å². The molecule has 0 saturated carbocycles. The number of allylic oxidation sites excluding steroid dienone is 2.